The molecule has 0 spiro atoms. The van der Waals surface area contributed by atoms with Gasteiger partial charge in [0.1, 0.15) is 10.7 Å². The van der Waals surface area contributed by atoms with Crippen molar-refractivity contribution in [1.82, 2.24) is 0 Å². The molecule has 1 atom stereocenters. The van der Waals surface area contributed by atoms with Crippen molar-refractivity contribution >= 4 is 18.4 Å². The van der Waals surface area contributed by atoms with Crippen molar-refractivity contribution in [2.75, 3.05) is 7.11 Å². The molecule has 0 aliphatic carbocycles. The van der Waals surface area contributed by atoms with Crippen molar-refractivity contribution in [3.8, 4) is 0 Å². The minimum Gasteiger partial charge on any atom is -0.205 e. The summed E-state index contributed by atoms with van der Waals surface area (Å²) in [4.78, 5) is -0.595. The Kier molecular flexibility index (Phi) is 4.70. The van der Waals surface area contributed by atoms with Crippen LogP contribution in [0.4, 0.5) is 4.39 Å². The molecular formula is C9H11FO5PS+. The molecular weight excluding hydrogens is 270 g/mol. The number of benzene rings is 1. The zero-order chi connectivity index (χ0) is 13.1. The largest absolute Gasteiger partial charge is 0.714 e. The average molecular weight is 281 g/mol. The molecule has 0 N–H and O–H groups in total. The quantitative estimate of drug-likeness (QED) is 0.775. The number of rotatable bonds is 5. The molecule has 0 amide bonds. The standard InChI is InChI=1S/C9H11FO5PS/c1-3-7-5-4-6-8(10)9(7)17(12,13)15-16(11)14-2/h4-6H,3H2,1-2H3/q+1. The van der Waals surface area contributed by atoms with E-state index in [1.165, 1.54) is 12.1 Å². The fourth-order valence-electron chi connectivity index (χ4n) is 1.26. The molecule has 94 valence electrons. The molecule has 0 aliphatic rings. The number of hydrogen-bond donors (Lipinski definition) is 0. The number of hydrogen-bond acceptors (Lipinski definition) is 5. The molecule has 0 saturated heterocycles. The fourth-order valence-corrected chi connectivity index (χ4v) is 3.28. The highest BCUT2D eigenvalue weighted by atomic mass is 32.2. The zero-order valence-electron chi connectivity index (χ0n) is 9.21. The van der Waals surface area contributed by atoms with Gasteiger partial charge in [-0.1, -0.05) is 19.1 Å². The third-order valence-electron chi connectivity index (χ3n) is 1.99. The van der Waals surface area contributed by atoms with Gasteiger partial charge in [-0.2, -0.15) is 8.42 Å². The van der Waals surface area contributed by atoms with Crippen LogP contribution in [0.25, 0.3) is 0 Å². The van der Waals surface area contributed by atoms with Gasteiger partial charge < -0.3 is 0 Å². The van der Waals surface area contributed by atoms with Crippen LogP contribution in [0.15, 0.2) is 23.1 Å². The van der Waals surface area contributed by atoms with Crippen LogP contribution >= 0.6 is 8.25 Å². The lowest BCUT2D eigenvalue weighted by Crippen LogP contribution is -2.08. The summed E-state index contributed by atoms with van der Waals surface area (Å²) in [6.45, 7) is 1.67. The van der Waals surface area contributed by atoms with Crippen LogP contribution in [0, 0.1) is 5.82 Å². The fraction of sp³-hybridized carbons (Fsp3) is 0.333. The van der Waals surface area contributed by atoms with E-state index in [1.807, 2.05) is 0 Å². The highest BCUT2D eigenvalue weighted by molar-refractivity contribution is 7.89. The smallest absolute Gasteiger partial charge is 0.205 e. The van der Waals surface area contributed by atoms with Gasteiger partial charge >= 0.3 is 18.4 Å². The molecule has 1 rings (SSSR count). The molecule has 0 saturated carbocycles. The summed E-state index contributed by atoms with van der Waals surface area (Å²) in [5.41, 5.74) is 0.254. The summed E-state index contributed by atoms with van der Waals surface area (Å²) in [5, 5.41) is 0. The van der Waals surface area contributed by atoms with Crippen LogP contribution in [0.5, 0.6) is 0 Å². The second-order valence-corrected chi connectivity index (χ2v) is 5.74. The molecule has 1 unspecified atom stereocenters. The van der Waals surface area contributed by atoms with Gasteiger partial charge in [-0.15, -0.1) is 4.52 Å². The normalized spacial score (nSPS) is 12.5. The summed E-state index contributed by atoms with van der Waals surface area (Å²) < 4.78 is 56.2. The summed E-state index contributed by atoms with van der Waals surface area (Å²) in [6, 6.07) is 3.85. The highest BCUT2D eigenvalue weighted by Crippen LogP contribution is 2.31. The van der Waals surface area contributed by atoms with E-state index in [1.54, 1.807) is 6.92 Å². The molecule has 0 fully saturated rings. The van der Waals surface area contributed by atoms with Crippen LogP contribution in [0.2, 0.25) is 0 Å². The summed E-state index contributed by atoms with van der Waals surface area (Å²) in [5.74, 6) is -0.941. The van der Waals surface area contributed by atoms with Crippen molar-refractivity contribution in [3.63, 3.8) is 0 Å². The monoisotopic (exact) mass is 281 g/mol. The second kappa shape index (κ2) is 5.64. The van der Waals surface area contributed by atoms with Crippen LogP contribution in [0.3, 0.4) is 0 Å². The maximum atomic E-state index is 13.5. The van der Waals surface area contributed by atoms with Crippen molar-refractivity contribution in [2.45, 2.75) is 18.2 Å². The molecule has 0 aliphatic heterocycles. The maximum absolute atomic E-state index is 13.5. The first-order valence-electron chi connectivity index (χ1n) is 4.65. The Labute approximate surface area is 99.6 Å². The van der Waals surface area contributed by atoms with Crippen LogP contribution in [-0.2, 0) is 29.6 Å². The summed E-state index contributed by atoms with van der Waals surface area (Å²) >= 11 is 0. The molecule has 17 heavy (non-hydrogen) atoms. The van der Waals surface area contributed by atoms with E-state index in [0.717, 1.165) is 13.2 Å². The van der Waals surface area contributed by atoms with E-state index in [0.29, 0.717) is 6.42 Å². The third-order valence-corrected chi connectivity index (χ3v) is 4.51. The molecule has 1 aromatic rings. The molecule has 0 radical (unpaired) electrons. The predicted octanol–water partition coefficient (Wildman–Crippen LogP) is 2.40. The van der Waals surface area contributed by atoms with Crippen molar-refractivity contribution in [2.24, 2.45) is 0 Å². The zero-order valence-corrected chi connectivity index (χ0v) is 10.9. The molecule has 8 heteroatoms. The van der Waals surface area contributed by atoms with Crippen molar-refractivity contribution in [3.05, 3.63) is 29.6 Å². The summed E-state index contributed by atoms with van der Waals surface area (Å²) in [6.07, 6.45) is 0.305. The van der Waals surface area contributed by atoms with Gasteiger partial charge in [-0.05, 0) is 18.1 Å². The summed E-state index contributed by atoms with van der Waals surface area (Å²) in [7, 11) is -6.23. The van der Waals surface area contributed by atoms with Gasteiger partial charge in [0.2, 0.25) is 0 Å². The first kappa shape index (κ1) is 14.2. The lowest BCUT2D eigenvalue weighted by molar-refractivity contribution is 0.347. The Balaban J connectivity index is 3.28. The minimum absolute atomic E-state index is 0.254. The number of aryl methyl sites for hydroxylation is 1. The van der Waals surface area contributed by atoms with Gasteiger partial charge in [0, 0.05) is 8.54 Å². The van der Waals surface area contributed by atoms with E-state index in [9.17, 15) is 17.4 Å². The molecule has 0 bridgehead atoms. The average Bonchev–Trinajstić information content (AvgIpc) is 2.27. The lowest BCUT2D eigenvalue weighted by atomic mass is 10.2. The van der Waals surface area contributed by atoms with Crippen molar-refractivity contribution < 1.29 is 25.9 Å². The molecule has 0 aromatic heterocycles. The maximum Gasteiger partial charge on any atom is 0.714 e. The van der Waals surface area contributed by atoms with E-state index >= 15 is 0 Å². The Morgan fingerprint density at radius 2 is 2.06 bits per heavy atom. The Morgan fingerprint density at radius 3 is 2.59 bits per heavy atom. The van der Waals surface area contributed by atoms with E-state index in [4.69, 9.17) is 0 Å². The van der Waals surface area contributed by atoms with Gasteiger partial charge in [0.25, 0.3) is 0 Å². The SMILES string of the molecule is CCc1cccc(F)c1S(=O)(=O)O[P+](=O)OC. The van der Waals surface area contributed by atoms with Crippen LogP contribution in [-0.4, -0.2) is 15.5 Å². The van der Waals surface area contributed by atoms with Crippen LogP contribution in [0.1, 0.15) is 12.5 Å². The predicted molar refractivity (Wildman–Crippen MR) is 58.7 cm³/mol. The topological polar surface area (TPSA) is 69.7 Å². The van der Waals surface area contributed by atoms with E-state index < -0.39 is 29.1 Å². The van der Waals surface area contributed by atoms with Gasteiger partial charge in [0.15, 0.2) is 0 Å². The van der Waals surface area contributed by atoms with Gasteiger partial charge in [0.05, 0.1) is 7.11 Å². The third kappa shape index (κ3) is 3.29. The molecule has 0 heterocycles. The van der Waals surface area contributed by atoms with Crippen LogP contribution < -0.4 is 0 Å². The Bertz CT molecular complexity index is 528. The Hall–Kier alpha value is -0.880. The van der Waals surface area contributed by atoms with E-state index in [-0.39, 0.29) is 5.56 Å². The first-order chi connectivity index (χ1) is 7.92. The van der Waals surface area contributed by atoms with Crippen molar-refractivity contribution in [1.29, 1.82) is 0 Å². The highest BCUT2D eigenvalue weighted by Gasteiger charge is 2.35. The van der Waals surface area contributed by atoms with Gasteiger partial charge in [-0.3, -0.25) is 0 Å². The van der Waals surface area contributed by atoms with Gasteiger partial charge in [-0.25, -0.2) is 4.39 Å². The minimum atomic E-state index is -4.43. The lowest BCUT2D eigenvalue weighted by Gasteiger charge is -2.05. The second-order valence-electron chi connectivity index (χ2n) is 3.02. The Morgan fingerprint density at radius 1 is 1.41 bits per heavy atom. The molecule has 5 nitrogen and oxygen atoms in total. The number of halogens is 1. The van der Waals surface area contributed by atoms with E-state index in [2.05, 4.69) is 8.49 Å². The first-order valence-corrected chi connectivity index (χ1v) is 7.16. The molecule has 1 aromatic carbocycles.